The molecule has 6 nitrogen and oxygen atoms in total. The van der Waals surface area contributed by atoms with E-state index in [9.17, 15) is 26.8 Å². The number of carbonyl (C=O) groups excluding carboxylic acids is 2. The molecule has 0 spiro atoms. The van der Waals surface area contributed by atoms with Gasteiger partial charge in [0.05, 0.1) is 11.5 Å². The maximum absolute atomic E-state index is 13.8. The molecule has 0 bridgehead atoms. The molecule has 0 saturated carbocycles. The first-order valence-electron chi connectivity index (χ1n) is 8.25. The molecule has 1 heterocycles. The Morgan fingerprint density at radius 1 is 1.23 bits per heavy atom. The molecule has 2 atom stereocenters. The van der Waals surface area contributed by atoms with Gasteiger partial charge in [-0.1, -0.05) is 19.9 Å². The Labute approximate surface area is 151 Å². The van der Waals surface area contributed by atoms with Crippen LogP contribution in [0, 0.1) is 17.6 Å². The Hall–Kier alpha value is -2.03. The highest BCUT2D eigenvalue weighted by molar-refractivity contribution is 7.91. The maximum Gasteiger partial charge on any atom is 0.257 e. The van der Waals surface area contributed by atoms with Crippen LogP contribution < -0.4 is 5.32 Å². The third-order valence-electron chi connectivity index (χ3n) is 4.51. The Morgan fingerprint density at radius 3 is 2.27 bits per heavy atom. The normalized spacial score (nSPS) is 20.0. The van der Waals surface area contributed by atoms with Crippen molar-refractivity contribution in [3.8, 4) is 0 Å². The minimum Gasteiger partial charge on any atom is -0.340 e. The van der Waals surface area contributed by atoms with Crippen LogP contribution in [0.2, 0.25) is 0 Å². The van der Waals surface area contributed by atoms with E-state index in [0.717, 1.165) is 18.2 Å². The highest BCUT2D eigenvalue weighted by Gasteiger charge is 2.36. The molecule has 0 aromatic heterocycles. The van der Waals surface area contributed by atoms with Gasteiger partial charge in [-0.15, -0.1) is 0 Å². The fraction of sp³-hybridized carbons (Fsp3) is 0.529. The van der Waals surface area contributed by atoms with Crippen molar-refractivity contribution in [3.63, 3.8) is 0 Å². The van der Waals surface area contributed by atoms with E-state index < -0.39 is 50.9 Å². The second-order valence-corrected chi connectivity index (χ2v) is 9.03. The SMILES string of the molecule is CC(C)C(NC(=O)c1c(F)cccc1F)C(=O)N(C)C1CCS(=O)(=O)C1. The van der Waals surface area contributed by atoms with Gasteiger partial charge in [-0.3, -0.25) is 9.59 Å². The van der Waals surface area contributed by atoms with Gasteiger partial charge < -0.3 is 10.2 Å². The molecular weight excluding hydrogens is 366 g/mol. The van der Waals surface area contributed by atoms with E-state index in [0.29, 0.717) is 6.42 Å². The lowest BCUT2D eigenvalue weighted by molar-refractivity contribution is -0.134. The van der Waals surface area contributed by atoms with E-state index in [2.05, 4.69) is 5.32 Å². The first-order chi connectivity index (χ1) is 12.0. The number of hydrogen-bond donors (Lipinski definition) is 1. The summed E-state index contributed by atoms with van der Waals surface area (Å²) in [5.74, 6) is -4.04. The number of carbonyl (C=O) groups is 2. The average Bonchev–Trinajstić information content (AvgIpc) is 2.90. The minimum absolute atomic E-state index is 0.00836. The topological polar surface area (TPSA) is 83.6 Å². The van der Waals surface area contributed by atoms with Gasteiger partial charge in [0.15, 0.2) is 9.84 Å². The second-order valence-electron chi connectivity index (χ2n) is 6.80. The summed E-state index contributed by atoms with van der Waals surface area (Å²) in [6, 6.07) is 1.55. The van der Waals surface area contributed by atoms with Crippen molar-refractivity contribution in [3.05, 3.63) is 35.4 Å². The Kier molecular flexibility index (Phi) is 6.00. The van der Waals surface area contributed by atoms with E-state index in [1.807, 2.05) is 0 Å². The number of benzene rings is 1. The summed E-state index contributed by atoms with van der Waals surface area (Å²) in [6.45, 7) is 3.36. The molecule has 26 heavy (non-hydrogen) atoms. The predicted molar refractivity (Wildman–Crippen MR) is 92.3 cm³/mol. The molecule has 1 saturated heterocycles. The quantitative estimate of drug-likeness (QED) is 0.826. The lowest BCUT2D eigenvalue weighted by atomic mass is 10.0. The van der Waals surface area contributed by atoms with Gasteiger partial charge in [0.1, 0.15) is 23.2 Å². The molecule has 2 rings (SSSR count). The molecule has 0 radical (unpaired) electrons. The van der Waals surface area contributed by atoms with E-state index >= 15 is 0 Å². The van der Waals surface area contributed by atoms with Crippen molar-refractivity contribution < 1.29 is 26.8 Å². The predicted octanol–water partition coefficient (Wildman–Crippen LogP) is 1.36. The van der Waals surface area contributed by atoms with Crippen molar-refractivity contribution in [1.29, 1.82) is 0 Å². The van der Waals surface area contributed by atoms with Gasteiger partial charge in [0.2, 0.25) is 5.91 Å². The van der Waals surface area contributed by atoms with Crippen LogP contribution in [0.1, 0.15) is 30.6 Å². The number of sulfone groups is 1. The summed E-state index contributed by atoms with van der Waals surface area (Å²) in [5, 5.41) is 2.38. The number of halogens is 2. The first-order valence-corrected chi connectivity index (χ1v) is 10.1. The van der Waals surface area contributed by atoms with Crippen molar-refractivity contribution in [2.45, 2.75) is 32.4 Å². The Bertz CT molecular complexity index is 791. The zero-order valence-corrected chi connectivity index (χ0v) is 15.6. The zero-order valence-electron chi connectivity index (χ0n) is 14.8. The van der Waals surface area contributed by atoms with Gasteiger partial charge >= 0.3 is 0 Å². The summed E-state index contributed by atoms with van der Waals surface area (Å²) < 4.78 is 50.8. The molecule has 2 unspecified atom stereocenters. The molecule has 1 aliphatic heterocycles. The molecule has 9 heteroatoms. The summed E-state index contributed by atoms with van der Waals surface area (Å²) in [7, 11) is -1.71. The van der Waals surface area contributed by atoms with Crippen LogP contribution in [-0.4, -0.2) is 55.8 Å². The molecule has 2 amide bonds. The van der Waals surface area contributed by atoms with Crippen molar-refractivity contribution in [2.75, 3.05) is 18.6 Å². The number of nitrogens with zero attached hydrogens (tertiary/aromatic N) is 1. The molecule has 1 aromatic carbocycles. The van der Waals surface area contributed by atoms with E-state index in [1.165, 1.54) is 11.9 Å². The summed E-state index contributed by atoms with van der Waals surface area (Å²) in [4.78, 5) is 26.3. The van der Waals surface area contributed by atoms with Gasteiger partial charge in [-0.05, 0) is 24.5 Å². The maximum atomic E-state index is 13.8. The Balaban J connectivity index is 2.18. The van der Waals surface area contributed by atoms with Gasteiger partial charge in [0.25, 0.3) is 5.91 Å². The van der Waals surface area contributed by atoms with Gasteiger partial charge in [-0.2, -0.15) is 0 Å². The second kappa shape index (κ2) is 7.69. The van der Waals surface area contributed by atoms with Crippen molar-refractivity contribution in [1.82, 2.24) is 10.2 Å². The van der Waals surface area contributed by atoms with Crippen LogP contribution in [0.25, 0.3) is 0 Å². The van der Waals surface area contributed by atoms with E-state index in [1.54, 1.807) is 13.8 Å². The molecular formula is C17H22F2N2O4S. The summed E-state index contributed by atoms with van der Waals surface area (Å²) >= 11 is 0. The van der Waals surface area contributed by atoms with E-state index in [4.69, 9.17) is 0 Å². The molecule has 1 N–H and O–H groups in total. The first kappa shape index (κ1) is 20.3. The summed E-state index contributed by atoms with van der Waals surface area (Å²) in [5.41, 5.74) is -0.753. The largest absolute Gasteiger partial charge is 0.340 e. The van der Waals surface area contributed by atoms with Crippen LogP contribution in [0.5, 0.6) is 0 Å². The van der Waals surface area contributed by atoms with Crippen LogP contribution in [0.4, 0.5) is 8.78 Å². The highest BCUT2D eigenvalue weighted by atomic mass is 32.2. The van der Waals surface area contributed by atoms with Crippen molar-refractivity contribution in [2.24, 2.45) is 5.92 Å². The molecule has 0 aliphatic carbocycles. The van der Waals surface area contributed by atoms with Crippen LogP contribution >= 0.6 is 0 Å². The molecule has 1 aliphatic rings. The lowest BCUT2D eigenvalue weighted by Crippen LogP contribution is -2.53. The zero-order chi connectivity index (χ0) is 19.6. The van der Waals surface area contributed by atoms with Crippen LogP contribution in [0.15, 0.2) is 18.2 Å². The standard InChI is InChI=1S/C17H22F2N2O4S/c1-10(2)15(17(23)21(3)11-7-8-26(24,25)9-11)20-16(22)14-12(18)5-4-6-13(14)19/h4-6,10-11,15H,7-9H2,1-3H3,(H,20,22). The third kappa shape index (κ3) is 4.38. The number of amides is 2. The molecule has 1 fully saturated rings. The average molecular weight is 388 g/mol. The fourth-order valence-electron chi connectivity index (χ4n) is 2.92. The summed E-state index contributed by atoms with van der Waals surface area (Å²) in [6.07, 6.45) is 0.325. The minimum atomic E-state index is -3.18. The van der Waals surface area contributed by atoms with Crippen LogP contribution in [-0.2, 0) is 14.6 Å². The van der Waals surface area contributed by atoms with Crippen molar-refractivity contribution >= 4 is 21.7 Å². The lowest BCUT2D eigenvalue weighted by Gasteiger charge is -2.30. The monoisotopic (exact) mass is 388 g/mol. The number of rotatable bonds is 5. The van der Waals surface area contributed by atoms with Gasteiger partial charge in [-0.25, -0.2) is 17.2 Å². The highest BCUT2D eigenvalue weighted by Crippen LogP contribution is 2.19. The number of likely N-dealkylation sites (N-methyl/N-ethyl adjacent to an activating group) is 1. The number of hydrogen-bond acceptors (Lipinski definition) is 4. The number of nitrogens with one attached hydrogen (secondary N) is 1. The molecule has 1 aromatic rings. The molecule has 144 valence electrons. The fourth-order valence-corrected chi connectivity index (χ4v) is 4.70. The Morgan fingerprint density at radius 2 is 1.81 bits per heavy atom. The van der Waals surface area contributed by atoms with E-state index in [-0.39, 0.29) is 17.4 Å². The third-order valence-corrected chi connectivity index (χ3v) is 6.26. The smallest absolute Gasteiger partial charge is 0.257 e. The van der Waals surface area contributed by atoms with Gasteiger partial charge in [0, 0.05) is 13.1 Å². The van der Waals surface area contributed by atoms with Crippen LogP contribution in [0.3, 0.4) is 0 Å².